The number of hydrogen-bond acceptors (Lipinski definition) is 5. The molecule has 2 aromatic rings. The third-order valence-corrected chi connectivity index (χ3v) is 3.60. The van der Waals surface area contributed by atoms with Crippen LogP contribution in [0.5, 0.6) is 0 Å². The van der Waals surface area contributed by atoms with Crippen LogP contribution in [0.2, 0.25) is 0 Å². The molecule has 1 aromatic heterocycles. The molecule has 2 rings (SSSR count). The Morgan fingerprint density at radius 3 is 2.86 bits per heavy atom. The van der Waals surface area contributed by atoms with Gasteiger partial charge in [0.1, 0.15) is 5.69 Å². The molecule has 0 radical (unpaired) electrons. The van der Waals surface area contributed by atoms with Gasteiger partial charge in [-0.25, -0.2) is 9.78 Å². The fraction of sp³-hybridized carbons (Fsp3) is 0.267. The van der Waals surface area contributed by atoms with E-state index < -0.39 is 5.97 Å². The summed E-state index contributed by atoms with van der Waals surface area (Å²) < 4.78 is 4.85. The predicted octanol–water partition coefficient (Wildman–Crippen LogP) is 3.13. The minimum atomic E-state index is -0.505. The van der Waals surface area contributed by atoms with Crippen LogP contribution in [-0.4, -0.2) is 23.5 Å². The first-order valence-corrected chi connectivity index (χ1v) is 7.55. The number of nitrogens with zero attached hydrogens (tertiary/aromatic N) is 1. The van der Waals surface area contributed by atoms with Crippen molar-refractivity contribution in [2.45, 2.75) is 20.3 Å². The second-order valence-electron chi connectivity index (χ2n) is 4.27. The molecular formula is C15H16N2O3S. The van der Waals surface area contributed by atoms with Crippen LogP contribution in [0.4, 0.5) is 5.69 Å². The van der Waals surface area contributed by atoms with Crippen molar-refractivity contribution in [1.82, 2.24) is 4.98 Å². The molecule has 0 aliphatic rings. The zero-order chi connectivity index (χ0) is 15.2. The Bertz CT molecular complexity index is 652. The molecule has 0 fully saturated rings. The number of aromatic nitrogens is 1. The summed E-state index contributed by atoms with van der Waals surface area (Å²) in [7, 11) is 0. The highest BCUT2D eigenvalue weighted by Gasteiger charge is 2.16. The first kappa shape index (κ1) is 15.2. The van der Waals surface area contributed by atoms with E-state index in [2.05, 4.69) is 10.3 Å². The Balaban J connectivity index is 2.08. The maximum Gasteiger partial charge on any atom is 0.367 e. The number of amides is 1. The van der Waals surface area contributed by atoms with Crippen molar-refractivity contribution >= 4 is 28.9 Å². The first-order valence-electron chi connectivity index (χ1n) is 6.67. The minimum Gasteiger partial charge on any atom is -0.461 e. The standard InChI is InChI=1S/C15H16N2O3S/c1-3-10-6-5-7-11(8-10)16-13(18)12-9-21-14(17-12)15(19)20-4-2/h5-9H,3-4H2,1-2H3,(H,16,18). The molecule has 1 heterocycles. The van der Waals surface area contributed by atoms with E-state index in [1.807, 2.05) is 31.2 Å². The maximum atomic E-state index is 12.1. The van der Waals surface area contributed by atoms with E-state index in [1.54, 1.807) is 12.3 Å². The number of nitrogens with one attached hydrogen (secondary N) is 1. The van der Waals surface area contributed by atoms with Gasteiger partial charge in [-0.3, -0.25) is 4.79 Å². The van der Waals surface area contributed by atoms with E-state index in [-0.39, 0.29) is 23.2 Å². The van der Waals surface area contributed by atoms with Crippen molar-refractivity contribution in [3.05, 3.63) is 45.9 Å². The molecule has 0 saturated heterocycles. The van der Waals surface area contributed by atoms with E-state index in [1.165, 1.54) is 0 Å². The summed E-state index contributed by atoms with van der Waals surface area (Å²) in [6.45, 7) is 4.05. The van der Waals surface area contributed by atoms with Crippen LogP contribution in [-0.2, 0) is 11.2 Å². The highest BCUT2D eigenvalue weighted by Crippen LogP contribution is 2.15. The molecule has 5 nitrogen and oxygen atoms in total. The number of carbonyl (C=O) groups is 2. The average Bonchev–Trinajstić information content (AvgIpc) is 2.98. The van der Waals surface area contributed by atoms with Crippen LogP contribution in [0.25, 0.3) is 0 Å². The summed E-state index contributed by atoms with van der Waals surface area (Å²) in [6.07, 6.45) is 0.896. The largest absolute Gasteiger partial charge is 0.461 e. The Morgan fingerprint density at radius 2 is 2.14 bits per heavy atom. The molecule has 0 aliphatic heterocycles. The number of carbonyl (C=O) groups excluding carboxylic acids is 2. The van der Waals surface area contributed by atoms with Gasteiger partial charge < -0.3 is 10.1 Å². The molecule has 21 heavy (non-hydrogen) atoms. The van der Waals surface area contributed by atoms with Crippen LogP contribution in [0.3, 0.4) is 0 Å². The summed E-state index contributed by atoms with van der Waals surface area (Å²) in [5.41, 5.74) is 2.06. The summed E-state index contributed by atoms with van der Waals surface area (Å²) in [6, 6.07) is 7.61. The number of hydrogen-bond donors (Lipinski definition) is 1. The molecule has 1 aromatic carbocycles. The highest BCUT2D eigenvalue weighted by atomic mass is 32.1. The molecular weight excluding hydrogens is 288 g/mol. The average molecular weight is 304 g/mol. The highest BCUT2D eigenvalue weighted by molar-refractivity contribution is 7.11. The van der Waals surface area contributed by atoms with Gasteiger partial charge in [-0.1, -0.05) is 19.1 Å². The van der Waals surface area contributed by atoms with Crippen LogP contribution < -0.4 is 5.32 Å². The minimum absolute atomic E-state index is 0.185. The van der Waals surface area contributed by atoms with Gasteiger partial charge in [0.2, 0.25) is 5.01 Å². The summed E-state index contributed by atoms with van der Waals surface area (Å²) >= 11 is 1.10. The lowest BCUT2D eigenvalue weighted by molar-refractivity contribution is 0.0526. The van der Waals surface area contributed by atoms with Gasteiger partial charge >= 0.3 is 5.97 Å². The number of ether oxygens (including phenoxy) is 1. The number of anilines is 1. The van der Waals surface area contributed by atoms with Gasteiger partial charge in [-0.15, -0.1) is 11.3 Å². The van der Waals surface area contributed by atoms with Crippen molar-refractivity contribution in [2.75, 3.05) is 11.9 Å². The van der Waals surface area contributed by atoms with E-state index in [0.29, 0.717) is 5.69 Å². The monoisotopic (exact) mass is 304 g/mol. The third kappa shape index (κ3) is 3.88. The lowest BCUT2D eigenvalue weighted by Gasteiger charge is -2.04. The molecule has 6 heteroatoms. The van der Waals surface area contributed by atoms with Crippen molar-refractivity contribution in [3.8, 4) is 0 Å². The number of esters is 1. The summed E-state index contributed by atoms with van der Waals surface area (Å²) in [4.78, 5) is 27.6. The smallest absolute Gasteiger partial charge is 0.367 e. The van der Waals surface area contributed by atoms with Gasteiger partial charge in [0, 0.05) is 11.1 Å². The molecule has 0 unspecified atom stereocenters. The van der Waals surface area contributed by atoms with Gasteiger partial charge in [0.25, 0.3) is 5.91 Å². The Labute approximate surface area is 127 Å². The molecule has 1 N–H and O–H groups in total. The zero-order valence-electron chi connectivity index (χ0n) is 11.9. The van der Waals surface area contributed by atoms with Crippen LogP contribution in [0.1, 0.15) is 39.7 Å². The van der Waals surface area contributed by atoms with E-state index >= 15 is 0 Å². The van der Waals surface area contributed by atoms with Gasteiger partial charge in [0.15, 0.2) is 0 Å². The summed E-state index contributed by atoms with van der Waals surface area (Å²) in [5, 5.41) is 4.50. The fourth-order valence-electron chi connectivity index (χ4n) is 1.73. The van der Waals surface area contributed by atoms with Crippen LogP contribution in [0, 0.1) is 0 Å². The van der Waals surface area contributed by atoms with Gasteiger partial charge in [0.05, 0.1) is 6.61 Å². The fourth-order valence-corrected chi connectivity index (χ4v) is 2.42. The number of rotatable bonds is 5. The first-order chi connectivity index (χ1) is 10.1. The molecule has 0 atom stereocenters. The second kappa shape index (κ2) is 6.99. The SMILES string of the molecule is CCOC(=O)c1nc(C(=O)Nc2cccc(CC)c2)cs1. The Hall–Kier alpha value is -2.21. The lowest BCUT2D eigenvalue weighted by Crippen LogP contribution is -2.13. The molecule has 0 aliphatic carbocycles. The topological polar surface area (TPSA) is 68.3 Å². The van der Waals surface area contributed by atoms with Crippen molar-refractivity contribution < 1.29 is 14.3 Å². The van der Waals surface area contributed by atoms with Crippen molar-refractivity contribution in [2.24, 2.45) is 0 Å². The van der Waals surface area contributed by atoms with Gasteiger partial charge in [-0.2, -0.15) is 0 Å². The van der Waals surface area contributed by atoms with Crippen LogP contribution >= 0.6 is 11.3 Å². The molecule has 1 amide bonds. The van der Waals surface area contributed by atoms with Crippen LogP contribution in [0.15, 0.2) is 29.6 Å². The second-order valence-corrected chi connectivity index (χ2v) is 5.12. The normalized spacial score (nSPS) is 10.2. The predicted molar refractivity (Wildman–Crippen MR) is 81.8 cm³/mol. The van der Waals surface area contributed by atoms with E-state index in [9.17, 15) is 9.59 Å². The van der Waals surface area contributed by atoms with Crippen molar-refractivity contribution in [3.63, 3.8) is 0 Å². The molecule has 0 saturated carbocycles. The molecule has 0 bridgehead atoms. The number of aryl methyl sites for hydroxylation is 1. The Morgan fingerprint density at radius 1 is 1.33 bits per heavy atom. The summed E-state index contributed by atoms with van der Waals surface area (Å²) in [5.74, 6) is -0.843. The van der Waals surface area contributed by atoms with Crippen molar-refractivity contribution in [1.29, 1.82) is 0 Å². The Kier molecular flexibility index (Phi) is 5.05. The van der Waals surface area contributed by atoms with E-state index in [0.717, 1.165) is 23.3 Å². The number of thiazole rings is 1. The quantitative estimate of drug-likeness (QED) is 0.862. The van der Waals surface area contributed by atoms with E-state index in [4.69, 9.17) is 4.74 Å². The zero-order valence-corrected chi connectivity index (χ0v) is 12.7. The third-order valence-electron chi connectivity index (χ3n) is 2.78. The maximum absolute atomic E-state index is 12.1. The lowest BCUT2D eigenvalue weighted by atomic mass is 10.1. The molecule has 110 valence electrons. The molecule has 0 spiro atoms. The number of benzene rings is 1. The van der Waals surface area contributed by atoms with Gasteiger partial charge in [-0.05, 0) is 31.0 Å².